The molecule has 2 heterocycles. The number of aromatic nitrogens is 2. The van der Waals surface area contributed by atoms with Crippen molar-refractivity contribution in [2.75, 3.05) is 31.1 Å². The molecule has 0 saturated carbocycles. The van der Waals surface area contributed by atoms with E-state index in [4.69, 9.17) is 0 Å². The van der Waals surface area contributed by atoms with Gasteiger partial charge in [0.1, 0.15) is 0 Å². The third-order valence-corrected chi connectivity index (χ3v) is 3.85. The molecule has 0 amide bonds. The first-order valence-electron chi connectivity index (χ1n) is 6.39. The van der Waals surface area contributed by atoms with Gasteiger partial charge in [0.15, 0.2) is 5.82 Å². The summed E-state index contributed by atoms with van der Waals surface area (Å²) in [7, 11) is 0. The van der Waals surface area contributed by atoms with Gasteiger partial charge in [-0.05, 0) is 25.2 Å². The molecule has 0 bridgehead atoms. The van der Waals surface area contributed by atoms with Gasteiger partial charge in [-0.1, -0.05) is 6.92 Å². The molecule has 1 fully saturated rings. The van der Waals surface area contributed by atoms with Crippen LogP contribution in [0.15, 0.2) is 0 Å². The Bertz CT molecular complexity index is 365. The van der Waals surface area contributed by atoms with Crippen molar-refractivity contribution in [1.82, 2.24) is 15.5 Å². The molecule has 4 nitrogen and oxygen atoms in total. The molecule has 3 rings (SSSR count). The van der Waals surface area contributed by atoms with E-state index in [9.17, 15) is 0 Å². The molecule has 1 unspecified atom stereocenters. The third-order valence-electron chi connectivity index (χ3n) is 3.85. The van der Waals surface area contributed by atoms with Gasteiger partial charge >= 0.3 is 0 Å². The molecule has 0 radical (unpaired) electrons. The van der Waals surface area contributed by atoms with Gasteiger partial charge in [-0.2, -0.15) is 5.10 Å². The average Bonchev–Trinajstić information content (AvgIpc) is 2.75. The number of hydrogen-bond donors (Lipinski definition) is 2. The van der Waals surface area contributed by atoms with Crippen LogP contribution in [0.1, 0.15) is 36.9 Å². The lowest BCUT2D eigenvalue weighted by atomic mass is 9.89. The lowest BCUT2D eigenvalue weighted by molar-refractivity contribution is 0.570. The normalized spacial score (nSPS) is 25.6. The van der Waals surface area contributed by atoms with Crippen LogP contribution < -0.4 is 10.2 Å². The Balaban J connectivity index is 1.89. The number of fused-ring (bicyclic) bond motifs is 1. The van der Waals surface area contributed by atoms with Gasteiger partial charge < -0.3 is 10.2 Å². The van der Waals surface area contributed by atoms with Crippen molar-refractivity contribution in [3.63, 3.8) is 0 Å². The smallest absolute Gasteiger partial charge is 0.153 e. The van der Waals surface area contributed by atoms with Crippen LogP contribution in [-0.4, -0.2) is 36.4 Å². The lowest BCUT2D eigenvalue weighted by Crippen LogP contribution is -2.44. The van der Waals surface area contributed by atoms with Crippen LogP contribution in [0.25, 0.3) is 0 Å². The molecule has 16 heavy (non-hydrogen) atoms. The Morgan fingerprint density at radius 3 is 2.94 bits per heavy atom. The van der Waals surface area contributed by atoms with Gasteiger partial charge in [0.2, 0.25) is 0 Å². The predicted molar refractivity (Wildman–Crippen MR) is 65.0 cm³/mol. The first-order chi connectivity index (χ1) is 7.86. The molecule has 1 aromatic heterocycles. The molecule has 88 valence electrons. The summed E-state index contributed by atoms with van der Waals surface area (Å²) in [6.07, 6.45) is 3.82. The quantitative estimate of drug-likeness (QED) is 0.749. The van der Waals surface area contributed by atoms with Crippen LogP contribution in [0.5, 0.6) is 0 Å². The van der Waals surface area contributed by atoms with Crippen molar-refractivity contribution in [1.29, 1.82) is 0 Å². The maximum absolute atomic E-state index is 4.55. The van der Waals surface area contributed by atoms with Gasteiger partial charge in [0.05, 0.1) is 0 Å². The highest BCUT2D eigenvalue weighted by molar-refractivity contribution is 5.51. The van der Waals surface area contributed by atoms with Crippen molar-refractivity contribution >= 4 is 5.82 Å². The van der Waals surface area contributed by atoms with Gasteiger partial charge in [-0.3, -0.25) is 5.10 Å². The number of hydrogen-bond acceptors (Lipinski definition) is 3. The van der Waals surface area contributed by atoms with E-state index in [2.05, 4.69) is 27.3 Å². The lowest BCUT2D eigenvalue weighted by Gasteiger charge is -2.29. The summed E-state index contributed by atoms with van der Waals surface area (Å²) >= 11 is 0. The van der Waals surface area contributed by atoms with Crippen LogP contribution in [-0.2, 0) is 6.42 Å². The Morgan fingerprint density at radius 2 is 2.12 bits per heavy atom. The highest BCUT2D eigenvalue weighted by Gasteiger charge is 2.25. The fraction of sp³-hybridized carbons (Fsp3) is 0.750. The summed E-state index contributed by atoms with van der Waals surface area (Å²) < 4.78 is 0. The Morgan fingerprint density at radius 1 is 1.31 bits per heavy atom. The summed E-state index contributed by atoms with van der Waals surface area (Å²) in [5, 5.41) is 11.2. The van der Waals surface area contributed by atoms with Crippen molar-refractivity contribution < 1.29 is 0 Å². The minimum Gasteiger partial charge on any atom is -0.352 e. The van der Waals surface area contributed by atoms with Crippen molar-refractivity contribution in [3.8, 4) is 0 Å². The maximum atomic E-state index is 4.55. The van der Waals surface area contributed by atoms with E-state index >= 15 is 0 Å². The first kappa shape index (κ1) is 10.1. The topological polar surface area (TPSA) is 44.0 Å². The van der Waals surface area contributed by atoms with E-state index in [1.165, 1.54) is 36.3 Å². The number of nitrogens with one attached hydrogen (secondary N) is 2. The molecule has 1 aliphatic carbocycles. The number of anilines is 1. The molecule has 2 aliphatic rings. The largest absolute Gasteiger partial charge is 0.352 e. The fourth-order valence-corrected chi connectivity index (χ4v) is 2.89. The molecule has 1 saturated heterocycles. The van der Waals surface area contributed by atoms with Gasteiger partial charge in [0.25, 0.3) is 0 Å². The van der Waals surface area contributed by atoms with Crippen LogP contribution in [0.4, 0.5) is 5.82 Å². The second-order valence-corrected chi connectivity index (χ2v) is 4.97. The molecular weight excluding hydrogens is 200 g/mol. The van der Waals surface area contributed by atoms with Crippen LogP contribution in [0.3, 0.4) is 0 Å². The second kappa shape index (κ2) is 4.09. The number of piperazine rings is 1. The molecule has 0 aromatic carbocycles. The van der Waals surface area contributed by atoms with Crippen molar-refractivity contribution in [2.24, 2.45) is 0 Å². The highest BCUT2D eigenvalue weighted by Crippen LogP contribution is 2.34. The minimum atomic E-state index is 0.660. The Hall–Kier alpha value is -1.03. The maximum Gasteiger partial charge on any atom is 0.153 e. The van der Waals surface area contributed by atoms with Crippen molar-refractivity contribution in [2.45, 2.75) is 32.1 Å². The number of aromatic amines is 1. The van der Waals surface area contributed by atoms with Gasteiger partial charge in [0, 0.05) is 37.4 Å². The molecule has 2 N–H and O–H groups in total. The number of nitrogens with zero attached hydrogens (tertiary/aromatic N) is 2. The SMILES string of the molecule is CC1CCCc2c(N3CCNCC3)n[nH]c21. The van der Waals surface area contributed by atoms with Gasteiger partial charge in [-0.15, -0.1) is 0 Å². The van der Waals surface area contributed by atoms with E-state index in [0.717, 1.165) is 26.2 Å². The molecule has 4 heteroatoms. The van der Waals surface area contributed by atoms with Crippen molar-refractivity contribution in [3.05, 3.63) is 11.3 Å². The van der Waals surface area contributed by atoms with E-state index < -0.39 is 0 Å². The monoisotopic (exact) mass is 220 g/mol. The zero-order valence-corrected chi connectivity index (χ0v) is 9.92. The fourth-order valence-electron chi connectivity index (χ4n) is 2.89. The summed E-state index contributed by atoms with van der Waals surface area (Å²) in [4.78, 5) is 2.42. The van der Waals surface area contributed by atoms with Crippen LogP contribution >= 0.6 is 0 Å². The Kier molecular flexibility index (Phi) is 2.59. The zero-order chi connectivity index (χ0) is 11.0. The second-order valence-electron chi connectivity index (χ2n) is 4.97. The van der Waals surface area contributed by atoms with E-state index in [0.29, 0.717) is 5.92 Å². The minimum absolute atomic E-state index is 0.660. The standard InChI is InChI=1S/C12H20N4/c1-9-3-2-4-10-11(9)14-15-12(10)16-7-5-13-6-8-16/h9,13H,2-8H2,1H3,(H,14,15). The van der Waals surface area contributed by atoms with Crippen LogP contribution in [0, 0.1) is 0 Å². The van der Waals surface area contributed by atoms with Crippen LogP contribution in [0.2, 0.25) is 0 Å². The summed E-state index contributed by atoms with van der Waals surface area (Å²) in [6, 6.07) is 0. The highest BCUT2D eigenvalue weighted by atomic mass is 15.3. The van der Waals surface area contributed by atoms with Gasteiger partial charge in [-0.25, -0.2) is 0 Å². The van der Waals surface area contributed by atoms with E-state index in [1.54, 1.807) is 0 Å². The van der Waals surface area contributed by atoms with E-state index in [-0.39, 0.29) is 0 Å². The number of H-pyrrole nitrogens is 1. The predicted octanol–water partition coefficient (Wildman–Crippen LogP) is 1.26. The molecule has 1 aromatic rings. The summed E-state index contributed by atoms with van der Waals surface area (Å²) in [6.45, 7) is 6.64. The summed E-state index contributed by atoms with van der Waals surface area (Å²) in [5.41, 5.74) is 2.88. The molecule has 1 atom stereocenters. The summed E-state index contributed by atoms with van der Waals surface area (Å²) in [5.74, 6) is 1.89. The molecule has 0 spiro atoms. The number of rotatable bonds is 1. The molecule has 1 aliphatic heterocycles. The third kappa shape index (κ3) is 1.61. The zero-order valence-electron chi connectivity index (χ0n) is 9.92. The van der Waals surface area contributed by atoms with E-state index in [1.807, 2.05) is 0 Å². The average molecular weight is 220 g/mol. The molecular formula is C12H20N4. The first-order valence-corrected chi connectivity index (χ1v) is 6.39. The Labute approximate surface area is 96.4 Å².